The van der Waals surface area contributed by atoms with Gasteiger partial charge in [0.05, 0.1) is 30.4 Å². The molecule has 1 N–H and O–H groups in total. The minimum absolute atomic E-state index is 0.0273. The molecule has 2 saturated heterocycles. The van der Waals surface area contributed by atoms with Crippen molar-refractivity contribution >= 4 is 11.7 Å². The average Bonchev–Trinajstić information content (AvgIpc) is 2.64. The number of benzene rings is 1. The maximum atomic E-state index is 12.6. The first kappa shape index (κ1) is 17.6. The van der Waals surface area contributed by atoms with Crippen LogP contribution in [0, 0.1) is 11.3 Å². The molecular formula is C19H26N4O2. The van der Waals surface area contributed by atoms with Crippen LogP contribution in [0.5, 0.6) is 0 Å². The van der Waals surface area contributed by atoms with E-state index in [4.69, 9.17) is 10.00 Å². The van der Waals surface area contributed by atoms with Crippen molar-refractivity contribution in [3.8, 4) is 6.07 Å². The largest absolute Gasteiger partial charge is 0.375 e. The Morgan fingerprint density at radius 1 is 1.20 bits per heavy atom. The van der Waals surface area contributed by atoms with Gasteiger partial charge < -0.3 is 19.9 Å². The van der Waals surface area contributed by atoms with Crippen LogP contribution in [0.1, 0.15) is 32.3 Å². The topological polar surface area (TPSA) is 68.6 Å². The molecule has 6 heteroatoms. The Morgan fingerprint density at radius 2 is 1.88 bits per heavy atom. The summed E-state index contributed by atoms with van der Waals surface area (Å²) in [5, 5.41) is 12.1. The average molecular weight is 342 g/mol. The Balaban J connectivity index is 1.50. The van der Waals surface area contributed by atoms with Gasteiger partial charge in [0.15, 0.2) is 0 Å². The Bertz CT molecular complexity index is 632. The number of carbonyl (C=O) groups excluding carboxylic acids is 1. The number of nitrogens with zero attached hydrogens (tertiary/aromatic N) is 3. The molecule has 2 atom stereocenters. The molecule has 2 heterocycles. The lowest BCUT2D eigenvalue weighted by Crippen LogP contribution is -2.57. The third-order valence-electron chi connectivity index (χ3n) is 5.33. The van der Waals surface area contributed by atoms with E-state index in [0.717, 1.165) is 31.6 Å². The number of nitriles is 1. The summed E-state index contributed by atoms with van der Waals surface area (Å²) in [6, 6.07) is 10.2. The van der Waals surface area contributed by atoms with Crippen molar-refractivity contribution in [2.75, 3.05) is 31.1 Å². The summed E-state index contributed by atoms with van der Waals surface area (Å²) in [5.74, 6) is 0. The van der Waals surface area contributed by atoms with E-state index in [9.17, 15) is 4.79 Å². The predicted octanol–water partition coefficient (Wildman–Crippen LogP) is 2.35. The monoisotopic (exact) mass is 342 g/mol. The molecule has 1 aromatic rings. The third kappa shape index (κ3) is 4.05. The van der Waals surface area contributed by atoms with Gasteiger partial charge in [-0.05, 0) is 51.0 Å². The molecule has 0 bridgehead atoms. The van der Waals surface area contributed by atoms with Gasteiger partial charge in [0.1, 0.15) is 0 Å². The first-order valence-corrected chi connectivity index (χ1v) is 9.02. The number of hydrogen-bond acceptors (Lipinski definition) is 4. The summed E-state index contributed by atoms with van der Waals surface area (Å²) in [5.41, 5.74) is 1.82. The number of piperidine rings is 1. The molecule has 134 valence electrons. The fraction of sp³-hybridized carbons (Fsp3) is 0.579. The van der Waals surface area contributed by atoms with Crippen LogP contribution in [0.4, 0.5) is 10.5 Å². The minimum Gasteiger partial charge on any atom is -0.375 e. The van der Waals surface area contributed by atoms with Crippen molar-refractivity contribution in [2.45, 2.75) is 44.9 Å². The van der Waals surface area contributed by atoms with Gasteiger partial charge in [0.25, 0.3) is 0 Å². The second kappa shape index (κ2) is 7.75. The fourth-order valence-electron chi connectivity index (χ4n) is 3.51. The Hall–Kier alpha value is -2.26. The molecule has 0 unspecified atom stereocenters. The highest BCUT2D eigenvalue weighted by atomic mass is 16.5. The zero-order valence-corrected chi connectivity index (χ0v) is 14.9. The normalized spacial score (nSPS) is 24.7. The van der Waals surface area contributed by atoms with E-state index in [1.807, 2.05) is 43.0 Å². The van der Waals surface area contributed by atoms with Gasteiger partial charge >= 0.3 is 6.03 Å². The summed E-state index contributed by atoms with van der Waals surface area (Å²) in [7, 11) is 0. The van der Waals surface area contributed by atoms with E-state index in [-0.39, 0.29) is 24.2 Å². The van der Waals surface area contributed by atoms with Gasteiger partial charge in [-0.25, -0.2) is 4.79 Å². The highest BCUT2D eigenvalue weighted by molar-refractivity contribution is 5.75. The van der Waals surface area contributed by atoms with Crippen LogP contribution in [0.2, 0.25) is 0 Å². The van der Waals surface area contributed by atoms with E-state index < -0.39 is 0 Å². The highest BCUT2D eigenvalue weighted by Crippen LogP contribution is 2.21. The number of rotatable bonds is 2. The third-order valence-corrected chi connectivity index (χ3v) is 5.33. The zero-order chi connectivity index (χ0) is 17.8. The molecule has 1 aromatic carbocycles. The van der Waals surface area contributed by atoms with Crippen LogP contribution in [-0.2, 0) is 4.74 Å². The summed E-state index contributed by atoms with van der Waals surface area (Å²) in [4.78, 5) is 16.8. The number of nitrogens with one attached hydrogen (secondary N) is 1. The molecule has 0 aromatic heterocycles. The van der Waals surface area contributed by atoms with Crippen LogP contribution in [-0.4, -0.2) is 55.4 Å². The summed E-state index contributed by atoms with van der Waals surface area (Å²) in [6.07, 6.45) is 1.94. The van der Waals surface area contributed by atoms with Crippen molar-refractivity contribution < 1.29 is 9.53 Å². The lowest BCUT2D eigenvalue weighted by molar-refractivity contribution is -0.0380. The van der Waals surface area contributed by atoms with E-state index in [0.29, 0.717) is 18.7 Å². The second-order valence-corrected chi connectivity index (χ2v) is 6.88. The quantitative estimate of drug-likeness (QED) is 0.896. The molecular weight excluding hydrogens is 316 g/mol. The first-order chi connectivity index (χ1) is 12.1. The standard InChI is InChI=1S/C19H26N4O2/c1-14-15(2)25-12-11-23(14)19(24)21-17-7-9-22(10-8-17)18-5-3-16(13-20)4-6-18/h3-6,14-15,17H,7-12H2,1-2H3,(H,21,24)/t14-,15-/m0/s1. The van der Waals surface area contributed by atoms with E-state index in [1.54, 1.807) is 0 Å². The lowest BCUT2D eigenvalue weighted by atomic mass is 10.0. The number of ether oxygens (including phenoxy) is 1. The van der Waals surface area contributed by atoms with Gasteiger partial charge in [-0.1, -0.05) is 0 Å². The van der Waals surface area contributed by atoms with Crippen LogP contribution < -0.4 is 10.2 Å². The molecule has 2 fully saturated rings. The van der Waals surface area contributed by atoms with Crippen molar-refractivity contribution in [1.29, 1.82) is 5.26 Å². The zero-order valence-electron chi connectivity index (χ0n) is 14.9. The second-order valence-electron chi connectivity index (χ2n) is 6.88. The summed E-state index contributed by atoms with van der Waals surface area (Å²) in [6.45, 7) is 7.13. The Kier molecular flexibility index (Phi) is 5.44. The fourth-order valence-corrected chi connectivity index (χ4v) is 3.51. The van der Waals surface area contributed by atoms with Crippen LogP contribution >= 0.6 is 0 Å². The van der Waals surface area contributed by atoms with E-state index >= 15 is 0 Å². The molecule has 0 saturated carbocycles. The SMILES string of the molecule is C[C@@H]1OCCN(C(=O)NC2CCN(c3ccc(C#N)cc3)CC2)[C@H]1C. The number of amides is 2. The molecule has 2 amide bonds. The first-order valence-electron chi connectivity index (χ1n) is 9.02. The molecule has 2 aliphatic heterocycles. The van der Waals surface area contributed by atoms with Crippen molar-refractivity contribution in [3.63, 3.8) is 0 Å². The minimum atomic E-state index is 0.0273. The van der Waals surface area contributed by atoms with Gasteiger partial charge in [-0.2, -0.15) is 5.26 Å². The molecule has 25 heavy (non-hydrogen) atoms. The number of carbonyl (C=O) groups is 1. The molecule has 0 radical (unpaired) electrons. The van der Waals surface area contributed by atoms with Crippen molar-refractivity contribution in [2.24, 2.45) is 0 Å². The molecule has 0 aliphatic carbocycles. The van der Waals surface area contributed by atoms with Crippen molar-refractivity contribution in [3.05, 3.63) is 29.8 Å². The molecule has 2 aliphatic rings. The van der Waals surface area contributed by atoms with Crippen LogP contribution in [0.25, 0.3) is 0 Å². The lowest BCUT2D eigenvalue weighted by Gasteiger charge is -2.40. The van der Waals surface area contributed by atoms with Crippen molar-refractivity contribution in [1.82, 2.24) is 10.2 Å². The maximum absolute atomic E-state index is 12.6. The molecule has 0 spiro atoms. The highest BCUT2D eigenvalue weighted by Gasteiger charge is 2.30. The van der Waals surface area contributed by atoms with Gasteiger partial charge in [-0.3, -0.25) is 0 Å². The number of morpholine rings is 1. The van der Waals surface area contributed by atoms with Gasteiger partial charge in [0, 0.05) is 31.4 Å². The maximum Gasteiger partial charge on any atom is 0.318 e. The molecule has 3 rings (SSSR count). The summed E-state index contributed by atoms with van der Waals surface area (Å²) < 4.78 is 5.59. The predicted molar refractivity (Wildman–Crippen MR) is 96.5 cm³/mol. The van der Waals surface area contributed by atoms with Crippen LogP contribution in [0.15, 0.2) is 24.3 Å². The van der Waals surface area contributed by atoms with Gasteiger partial charge in [-0.15, -0.1) is 0 Å². The number of anilines is 1. The number of urea groups is 1. The summed E-state index contributed by atoms with van der Waals surface area (Å²) >= 11 is 0. The number of hydrogen-bond donors (Lipinski definition) is 1. The van der Waals surface area contributed by atoms with Crippen LogP contribution in [0.3, 0.4) is 0 Å². The smallest absolute Gasteiger partial charge is 0.318 e. The molecule has 6 nitrogen and oxygen atoms in total. The Labute approximate surface area is 149 Å². The Morgan fingerprint density at radius 3 is 2.52 bits per heavy atom. The van der Waals surface area contributed by atoms with Gasteiger partial charge in [0.2, 0.25) is 0 Å². The van der Waals surface area contributed by atoms with E-state index in [2.05, 4.69) is 16.3 Å². The van der Waals surface area contributed by atoms with E-state index in [1.165, 1.54) is 0 Å².